The predicted octanol–water partition coefficient (Wildman–Crippen LogP) is 2.28. The Morgan fingerprint density at radius 3 is 2.68 bits per heavy atom. The van der Waals surface area contributed by atoms with Crippen molar-refractivity contribution < 1.29 is 9.90 Å². The van der Waals surface area contributed by atoms with Gasteiger partial charge >= 0.3 is 5.97 Å². The van der Waals surface area contributed by atoms with Crippen LogP contribution in [0, 0.1) is 6.92 Å². The maximum atomic E-state index is 11.0. The van der Waals surface area contributed by atoms with Crippen molar-refractivity contribution in [3.05, 3.63) is 21.4 Å². The fraction of sp³-hybridized carbons (Fsp3) is 0.643. The van der Waals surface area contributed by atoms with Crippen LogP contribution in [0.5, 0.6) is 0 Å². The van der Waals surface area contributed by atoms with Crippen LogP contribution in [0.25, 0.3) is 0 Å². The maximum absolute atomic E-state index is 11.0. The molecule has 1 aliphatic rings. The van der Waals surface area contributed by atoms with Crippen LogP contribution in [0.1, 0.15) is 34.0 Å². The Bertz CT molecular complexity index is 482. The highest BCUT2D eigenvalue weighted by molar-refractivity contribution is 7.14. The van der Waals surface area contributed by atoms with Crippen LogP contribution >= 0.6 is 11.3 Å². The molecule has 0 spiro atoms. The van der Waals surface area contributed by atoms with Crippen LogP contribution in [-0.4, -0.2) is 53.1 Å². The quantitative estimate of drug-likeness (QED) is 0.924. The molecule has 1 aromatic rings. The topological polar surface area (TPSA) is 43.8 Å². The van der Waals surface area contributed by atoms with Crippen molar-refractivity contribution in [2.75, 3.05) is 26.7 Å². The number of likely N-dealkylation sites (N-methyl/N-ethyl adjacent to an activating group) is 1. The van der Waals surface area contributed by atoms with E-state index in [1.54, 1.807) is 0 Å². The highest BCUT2D eigenvalue weighted by Crippen LogP contribution is 2.25. The Hall–Kier alpha value is -0.910. The van der Waals surface area contributed by atoms with E-state index >= 15 is 0 Å². The minimum atomic E-state index is -0.821. The first-order valence-electron chi connectivity index (χ1n) is 6.56. The Morgan fingerprint density at radius 2 is 2.16 bits per heavy atom. The molecule has 0 amide bonds. The van der Waals surface area contributed by atoms with Gasteiger partial charge in [-0.1, -0.05) is 0 Å². The SMILES string of the molecule is Cc1sc(C(=O)O)cc1CN1CCN(C)C(C)(C)C1. The van der Waals surface area contributed by atoms with Crippen LogP contribution in [0.4, 0.5) is 0 Å². The second kappa shape index (κ2) is 5.23. The molecule has 0 aromatic carbocycles. The smallest absolute Gasteiger partial charge is 0.345 e. The van der Waals surface area contributed by atoms with Gasteiger partial charge in [0.15, 0.2) is 0 Å². The zero-order valence-corrected chi connectivity index (χ0v) is 12.9. The van der Waals surface area contributed by atoms with Gasteiger partial charge in [-0.05, 0) is 39.4 Å². The van der Waals surface area contributed by atoms with Crippen molar-refractivity contribution in [3.63, 3.8) is 0 Å². The van der Waals surface area contributed by atoms with E-state index in [0.717, 1.165) is 36.6 Å². The van der Waals surface area contributed by atoms with Gasteiger partial charge in [0.2, 0.25) is 0 Å². The number of carboxylic acids is 1. The molecule has 0 saturated carbocycles. The van der Waals surface area contributed by atoms with Gasteiger partial charge in [-0.3, -0.25) is 9.80 Å². The lowest BCUT2D eigenvalue weighted by Gasteiger charge is -2.45. The molecule has 2 rings (SSSR count). The predicted molar refractivity (Wildman–Crippen MR) is 78.0 cm³/mol. The number of hydrogen-bond acceptors (Lipinski definition) is 4. The summed E-state index contributed by atoms with van der Waals surface area (Å²) in [5, 5.41) is 9.04. The van der Waals surface area contributed by atoms with Gasteiger partial charge in [0.05, 0.1) is 0 Å². The minimum absolute atomic E-state index is 0.178. The van der Waals surface area contributed by atoms with E-state index in [1.807, 2.05) is 13.0 Å². The second-order valence-corrected chi connectivity index (χ2v) is 7.20. The Labute approximate surface area is 118 Å². The second-order valence-electron chi connectivity index (χ2n) is 5.94. The third-order valence-corrected chi connectivity index (χ3v) is 5.10. The van der Waals surface area contributed by atoms with Crippen molar-refractivity contribution in [2.45, 2.75) is 32.9 Å². The Morgan fingerprint density at radius 1 is 1.47 bits per heavy atom. The van der Waals surface area contributed by atoms with E-state index in [2.05, 4.69) is 30.7 Å². The van der Waals surface area contributed by atoms with Gasteiger partial charge in [0.1, 0.15) is 4.88 Å². The van der Waals surface area contributed by atoms with E-state index in [0.29, 0.717) is 4.88 Å². The van der Waals surface area contributed by atoms with E-state index in [1.165, 1.54) is 11.3 Å². The van der Waals surface area contributed by atoms with Gasteiger partial charge in [-0.2, -0.15) is 0 Å². The van der Waals surface area contributed by atoms with E-state index in [9.17, 15) is 4.79 Å². The molecular weight excluding hydrogens is 260 g/mol. The largest absolute Gasteiger partial charge is 0.477 e. The highest BCUT2D eigenvalue weighted by Gasteiger charge is 2.31. The molecule has 1 aromatic heterocycles. The number of nitrogens with zero attached hydrogens (tertiary/aromatic N) is 2. The Balaban J connectivity index is 2.08. The Kier molecular flexibility index (Phi) is 3.99. The van der Waals surface area contributed by atoms with E-state index in [4.69, 9.17) is 5.11 Å². The van der Waals surface area contributed by atoms with E-state index < -0.39 is 5.97 Å². The number of aryl methyl sites for hydroxylation is 1. The number of carbonyl (C=O) groups is 1. The molecule has 0 aliphatic carbocycles. The molecule has 0 bridgehead atoms. The number of carboxylic acid groups (broad SMARTS) is 1. The van der Waals surface area contributed by atoms with Gasteiger partial charge < -0.3 is 5.11 Å². The number of aromatic carboxylic acids is 1. The summed E-state index contributed by atoms with van der Waals surface area (Å²) in [6.45, 7) is 10.5. The number of hydrogen-bond donors (Lipinski definition) is 1. The van der Waals surface area contributed by atoms with Crippen molar-refractivity contribution in [1.82, 2.24) is 9.80 Å². The lowest BCUT2D eigenvalue weighted by molar-refractivity contribution is 0.0359. The lowest BCUT2D eigenvalue weighted by atomic mass is 9.99. The highest BCUT2D eigenvalue weighted by atomic mass is 32.1. The summed E-state index contributed by atoms with van der Waals surface area (Å²) >= 11 is 1.37. The summed E-state index contributed by atoms with van der Waals surface area (Å²) < 4.78 is 0. The van der Waals surface area contributed by atoms with E-state index in [-0.39, 0.29) is 5.54 Å². The zero-order chi connectivity index (χ0) is 14.2. The van der Waals surface area contributed by atoms with Crippen LogP contribution in [0.3, 0.4) is 0 Å². The fourth-order valence-electron chi connectivity index (χ4n) is 2.50. The third-order valence-electron chi connectivity index (χ3n) is 4.02. The zero-order valence-electron chi connectivity index (χ0n) is 12.1. The van der Waals surface area contributed by atoms with Gasteiger partial charge in [-0.15, -0.1) is 11.3 Å². The first-order chi connectivity index (χ1) is 8.79. The van der Waals surface area contributed by atoms with Crippen LogP contribution < -0.4 is 0 Å². The monoisotopic (exact) mass is 282 g/mol. The van der Waals surface area contributed by atoms with Crippen molar-refractivity contribution in [1.29, 1.82) is 0 Å². The molecule has 5 heteroatoms. The molecule has 19 heavy (non-hydrogen) atoms. The van der Waals surface area contributed by atoms with Gasteiger partial charge in [-0.25, -0.2) is 4.79 Å². The molecule has 0 radical (unpaired) electrons. The molecule has 2 heterocycles. The summed E-state index contributed by atoms with van der Waals surface area (Å²) in [5.41, 5.74) is 1.33. The molecular formula is C14H22N2O2S. The van der Waals surface area contributed by atoms with Crippen molar-refractivity contribution >= 4 is 17.3 Å². The average Bonchev–Trinajstić information content (AvgIpc) is 2.66. The van der Waals surface area contributed by atoms with Gasteiger partial charge in [0.25, 0.3) is 0 Å². The molecule has 0 atom stereocenters. The molecule has 1 N–H and O–H groups in total. The minimum Gasteiger partial charge on any atom is -0.477 e. The molecule has 0 unspecified atom stereocenters. The number of thiophene rings is 1. The van der Waals surface area contributed by atoms with Crippen molar-refractivity contribution in [3.8, 4) is 0 Å². The molecule has 106 valence electrons. The van der Waals surface area contributed by atoms with Crippen LogP contribution in [0.15, 0.2) is 6.07 Å². The standard InChI is InChI=1S/C14H22N2O2S/c1-10-11(7-12(19-10)13(17)18)8-16-6-5-15(4)14(2,3)9-16/h7H,5-6,8-9H2,1-4H3,(H,17,18). The molecule has 1 fully saturated rings. The lowest BCUT2D eigenvalue weighted by Crippen LogP contribution is -2.57. The first-order valence-corrected chi connectivity index (χ1v) is 7.37. The van der Waals surface area contributed by atoms with Gasteiger partial charge in [0, 0.05) is 36.6 Å². The normalized spacial score (nSPS) is 20.6. The molecule has 1 saturated heterocycles. The molecule has 4 nitrogen and oxygen atoms in total. The third kappa shape index (κ3) is 3.16. The maximum Gasteiger partial charge on any atom is 0.345 e. The summed E-state index contributed by atoms with van der Waals surface area (Å²) in [6.07, 6.45) is 0. The first kappa shape index (κ1) is 14.5. The number of rotatable bonds is 3. The number of piperazine rings is 1. The summed E-state index contributed by atoms with van der Waals surface area (Å²) in [5.74, 6) is -0.821. The van der Waals surface area contributed by atoms with Crippen LogP contribution in [-0.2, 0) is 6.54 Å². The summed E-state index contributed by atoms with van der Waals surface area (Å²) in [4.78, 5) is 17.4. The van der Waals surface area contributed by atoms with Crippen molar-refractivity contribution in [2.24, 2.45) is 0 Å². The fourth-order valence-corrected chi connectivity index (χ4v) is 3.37. The summed E-state index contributed by atoms with van der Waals surface area (Å²) in [7, 11) is 2.16. The average molecular weight is 282 g/mol. The summed E-state index contributed by atoms with van der Waals surface area (Å²) in [6, 6.07) is 1.83. The van der Waals surface area contributed by atoms with Crippen LogP contribution in [0.2, 0.25) is 0 Å². The molecule has 1 aliphatic heterocycles.